The second kappa shape index (κ2) is 18.3. The second-order valence-electron chi connectivity index (χ2n) is 15.4. The van der Waals surface area contributed by atoms with Crippen LogP contribution in [0.25, 0.3) is 21.7 Å². The maximum absolute atomic E-state index is 14.9. The number of nitrogens with one attached hydrogen (secondary N) is 2. The Morgan fingerprint density at radius 1 is 0.855 bits per heavy atom. The molecule has 7 rings (SSSR count). The van der Waals surface area contributed by atoms with Crippen molar-refractivity contribution in [2.75, 3.05) is 50.9 Å². The van der Waals surface area contributed by atoms with Gasteiger partial charge >= 0.3 is 12.4 Å². The van der Waals surface area contributed by atoms with Crippen LogP contribution in [0.1, 0.15) is 59.8 Å². The van der Waals surface area contributed by atoms with E-state index in [1.54, 1.807) is 42.2 Å². The Bertz CT molecular complexity index is 2550. The summed E-state index contributed by atoms with van der Waals surface area (Å²) in [5.74, 6) is -1.43. The quantitative estimate of drug-likeness (QED) is 0.0997. The summed E-state index contributed by atoms with van der Waals surface area (Å²) >= 11 is 0. The first-order chi connectivity index (χ1) is 29.5. The normalized spacial score (nSPS) is 17.9. The minimum Gasteiger partial charge on any atom is -0.379 e. The van der Waals surface area contributed by atoms with E-state index in [0.29, 0.717) is 34.5 Å². The fourth-order valence-corrected chi connectivity index (χ4v) is 8.32. The SMILES string of the molecule is C[C@H]1CC[C@H](C(OCCOCCCC(=O)N2CCN(C(=O)c3cc(Cc4n[nH]c(=O)c5ccccc45)ccc3F)CC2)C(F)(F)F)N1c1ccc2[nH]c(=O)cc(C(F)(F)F)c2c1. The van der Waals surface area contributed by atoms with Gasteiger partial charge in [0.15, 0.2) is 6.10 Å². The van der Waals surface area contributed by atoms with E-state index in [2.05, 4.69) is 15.2 Å². The van der Waals surface area contributed by atoms with Crippen LogP contribution in [-0.4, -0.2) is 107 Å². The number of pyridine rings is 1. The van der Waals surface area contributed by atoms with Crippen LogP contribution in [0.15, 0.2) is 76.3 Å². The molecule has 2 aliphatic heterocycles. The Balaban J connectivity index is 0.867. The lowest BCUT2D eigenvalue weighted by Gasteiger charge is -2.36. The first kappa shape index (κ1) is 44.2. The van der Waals surface area contributed by atoms with Gasteiger partial charge in [-0.1, -0.05) is 24.3 Å². The van der Waals surface area contributed by atoms with E-state index in [1.165, 1.54) is 34.1 Å². The third kappa shape index (κ3) is 9.78. The van der Waals surface area contributed by atoms with Gasteiger partial charge < -0.3 is 29.2 Å². The Morgan fingerprint density at radius 3 is 2.31 bits per heavy atom. The minimum absolute atomic E-state index is 0.0531. The molecule has 3 aromatic carbocycles. The van der Waals surface area contributed by atoms with Crippen molar-refractivity contribution in [3.63, 3.8) is 0 Å². The Morgan fingerprint density at radius 2 is 1.58 bits per heavy atom. The van der Waals surface area contributed by atoms with Gasteiger partial charge in [0.05, 0.1) is 41.5 Å². The number of fused-ring (bicyclic) bond motifs is 2. The molecule has 2 aromatic heterocycles. The number of carbonyl (C=O) groups excluding carboxylic acids is 2. The zero-order chi connectivity index (χ0) is 44.3. The molecule has 2 N–H and O–H groups in total. The lowest BCUT2D eigenvalue weighted by Crippen LogP contribution is -2.50. The fourth-order valence-electron chi connectivity index (χ4n) is 8.32. The number of halogens is 7. The zero-order valence-corrected chi connectivity index (χ0v) is 33.5. The highest BCUT2D eigenvalue weighted by atomic mass is 19.4. The fraction of sp³-hybridized carbons (Fsp3) is 0.419. The summed E-state index contributed by atoms with van der Waals surface area (Å²) < 4.78 is 111. The molecule has 2 amide bonds. The van der Waals surface area contributed by atoms with Crippen LogP contribution in [0.3, 0.4) is 0 Å². The number of H-pyrrole nitrogens is 2. The number of aromatic amines is 2. The number of carbonyl (C=O) groups is 2. The van der Waals surface area contributed by atoms with Gasteiger partial charge in [0, 0.05) is 79.7 Å². The smallest absolute Gasteiger partial charge is 0.379 e. The molecule has 2 saturated heterocycles. The van der Waals surface area contributed by atoms with E-state index >= 15 is 0 Å². The van der Waals surface area contributed by atoms with Gasteiger partial charge in [-0.15, -0.1) is 0 Å². The summed E-state index contributed by atoms with van der Waals surface area (Å²) in [7, 11) is 0. The summed E-state index contributed by atoms with van der Waals surface area (Å²) in [6, 6.07) is 13.7. The standard InChI is InChI=1S/C43H43F7N6O6/c1-25-8-13-36(56(25)27-10-12-34-30(23-27)32(42(45,46)47)24-37(57)51-34)39(43(48,49)50)62-20-19-61-18-4-7-38(58)54-14-16-55(17-15-54)41(60)31-21-26(9-11-33(31)44)22-35-28-5-2-3-6-29(28)40(59)53-52-35/h2-3,5-6,9-12,21,23-25,36,39H,4,7-8,13-20,22H2,1H3,(H,51,57)(H,53,59)/t25-,36+,39?/m0/s1. The molecule has 4 heterocycles. The maximum atomic E-state index is 14.9. The molecule has 2 aliphatic rings. The van der Waals surface area contributed by atoms with Crippen molar-refractivity contribution in [2.45, 2.75) is 69.6 Å². The molecular weight excluding hydrogens is 829 g/mol. The molecule has 62 heavy (non-hydrogen) atoms. The van der Waals surface area contributed by atoms with Crippen LogP contribution < -0.4 is 16.0 Å². The van der Waals surface area contributed by atoms with Crippen molar-refractivity contribution in [1.82, 2.24) is 25.0 Å². The largest absolute Gasteiger partial charge is 0.417 e. The number of aromatic nitrogens is 3. The molecule has 0 aliphatic carbocycles. The summed E-state index contributed by atoms with van der Waals surface area (Å²) in [6.45, 7) is 1.85. The Kier molecular flexibility index (Phi) is 13.0. The van der Waals surface area contributed by atoms with E-state index in [9.17, 15) is 49.9 Å². The van der Waals surface area contributed by atoms with Gasteiger partial charge in [-0.3, -0.25) is 19.2 Å². The summed E-state index contributed by atoms with van der Waals surface area (Å²) in [4.78, 5) is 57.2. The van der Waals surface area contributed by atoms with Crippen LogP contribution in [0.2, 0.25) is 0 Å². The Hall–Kier alpha value is -5.82. The van der Waals surface area contributed by atoms with Gasteiger partial charge in [0.1, 0.15) is 5.82 Å². The predicted octanol–water partition coefficient (Wildman–Crippen LogP) is 6.60. The molecule has 3 atom stereocenters. The van der Waals surface area contributed by atoms with Crippen LogP contribution in [0.4, 0.5) is 36.4 Å². The number of rotatable bonds is 13. The van der Waals surface area contributed by atoms with Crippen LogP contribution in [-0.2, 0) is 26.9 Å². The number of piperazine rings is 1. The second-order valence-corrected chi connectivity index (χ2v) is 15.4. The lowest BCUT2D eigenvalue weighted by atomic mass is 10.0. The third-order valence-electron chi connectivity index (χ3n) is 11.3. The van der Waals surface area contributed by atoms with E-state index in [4.69, 9.17) is 9.47 Å². The van der Waals surface area contributed by atoms with Crippen LogP contribution >= 0.6 is 0 Å². The molecule has 0 spiro atoms. The number of nitrogens with zero attached hydrogens (tertiary/aromatic N) is 4. The average molecular weight is 873 g/mol. The summed E-state index contributed by atoms with van der Waals surface area (Å²) in [5, 5.41) is 7.40. The highest BCUT2D eigenvalue weighted by Gasteiger charge is 2.51. The van der Waals surface area contributed by atoms with Crippen molar-refractivity contribution in [2.24, 2.45) is 0 Å². The molecule has 5 aromatic rings. The number of anilines is 1. The van der Waals surface area contributed by atoms with E-state index < -0.39 is 60.0 Å². The zero-order valence-electron chi connectivity index (χ0n) is 33.5. The number of alkyl halides is 6. The molecule has 0 bridgehead atoms. The summed E-state index contributed by atoms with van der Waals surface area (Å²) in [5.41, 5.74) is -1.40. The number of amides is 2. The molecule has 0 saturated carbocycles. The third-order valence-corrected chi connectivity index (χ3v) is 11.3. The molecular formula is C43H43F7N6O6. The van der Waals surface area contributed by atoms with Crippen molar-refractivity contribution >= 4 is 39.2 Å². The van der Waals surface area contributed by atoms with Gasteiger partial charge in [-0.2, -0.15) is 31.4 Å². The van der Waals surface area contributed by atoms with Gasteiger partial charge in [-0.25, -0.2) is 9.49 Å². The van der Waals surface area contributed by atoms with E-state index in [0.717, 1.165) is 6.07 Å². The van der Waals surface area contributed by atoms with Crippen molar-refractivity contribution in [3.05, 3.63) is 116 Å². The van der Waals surface area contributed by atoms with E-state index in [1.807, 2.05) is 0 Å². The molecule has 19 heteroatoms. The topological polar surface area (TPSA) is 141 Å². The van der Waals surface area contributed by atoms with Crippen molar-refractivity contribution < 1.29 is 49.8 Å². The molecule has 12 nitrogen and oxygen atoms in total. The van der Waals surface area contributed by atoms with Gasteiger partial charge in [0.2, 0.25) is 11.5 Å². The first-order valence-electron chi connectivity index (χ1n) is 20.1. The van der Waals surface area contributed by atoms with Crippen LogP contribution in [0, 0.1) is 5.82 Å². The first-order valence-corrected chi connectivity index (χ1v) is 20.1. The van der Waals surface area contributed by atoms with Gasteiger partial charge in [-0.05, 0) is 68.1 Å². The molecule has 1 unspecified atom stereocenters. The van der Waals surface area contributed by atoms with Gasteiger partial charge in [0.25, 0.3) is 11.5 Å². The highest BCUT2D eigenvalue weighted by molar-refractivity contribution is 5.95. The van der Waals surface area contributed by atoms with Crippen molar-refractivity contribution in [3.8, 4) is 0 Å². The van der Waals surface area contributed by atoms with Crippen LogP contribution in [0.5, 0.6) is 0 Å². The lowest BCUT2D eigenvalue weighted by molar-refractivity contribution is -0.228. The monoisotopic (exact) mass is 872 g/mol. The van der Waals surface area contributed by atoms with Crippen molar-refractivity contribution in [1.29, 1.82) is 0 Å². The molecule has 0 radical (unpaired) electrons. The maximum Gasteiger partial charge on any atom is 0.417 e. The molecule has 2 fully saturated rings. The average Bonchev–Trinajstić information content (AvgIpc) is 3.62. The van der Waals surface area contributed by atoms with E-state index in [-0.39, 0.29) is 98.7 Å². The highest BCUT2D eigenvalue weighted by Crippen LogP contribution is 2.41. The predicted molar refractivity (Wildman–Crippen MR) is 214 cm³/mol. The number of ether oxygens (including phenoxy) is 2. The summed E-state index contributed by atoms with van der Waals surface area (Å²) in [6.07, 6.45) is -11.0. The molecule has 330 valence electrons. The number of hydrogen-bond acceptors (Lipinski definition) is 8. The minimum atomic E-state index is -4.87. The number of benzene rings is 3. The number of hydrogen-bond donors (Lipinski definition) is 2. The Labute approximate surface area is 349 Å².